The van der Waals surface area contributed by atoms with Gasteiger partial charge in [0.15, 0.2) is 0 Å². The second-order valence-corrected chi connectivity index (χ2v) is 5.42. The SMILES string of the molecule is CC(=O)OC(C(=O)OCC(C)(C)COC=O)(C(F)(F)F)C(F)(F)F. The average Bonchev–Trinajstić information content (AvgIpc) is 2.37. The van der Waals surface area contributed by atoms with Gasteiger partial charge in [0.2, 0.25) is 0 Å². The third-order valence-electron chi connectivity index (χ3n) is 2.52. The number of esters is 2. The quantitative estimate of drug-likeness (QED) is 0.297. The monoisotopic (exact) mass is 368 g/mol. The van der Waals surface area contributed by atoms with E-state index in [9.17, 15) is 40.7 Å². The summed E-state index contributed by atoms with van der Waals surface area (Å²) >= 11 is 0. The molecule has 0 aliphatic heterocycles. The normalized spacial score (nSPS) is 13.2. The number of halogens is 6. The van der Waals surface area contributed by atoms with Crippen LogP contribution in [0.1, 0.15) is 20.8 Å². The van der Waals surface area contributed by atoms with Gasteiger partial charge in [-0.05, 0) is 0 Å². The Bertz CT molecular complexity index is 467. The summed E-state index contributed by atoms with van der Waals surface area (Å²) in [6, 6.07) is 0. The largest absolute Gasteiger partial charge is 0.467 e. The van der Waals surface area contributed by atoms with E-state index in [0.29, 0.717) is 0 Å². The number of hydrogen-bond donors (Lipinski definition) is 0. The molecule has 6 nitrogen and oxygen atoms in total. The van der Waals surface area contributed by atoms with E-state index in [4.69, 9.17) is 0 Å². The first-order chi connectivity index (χ1) is 10.6. The Hall–Kier alpha value is -2.01. The van der Waals surface area contributed by atoms with Crippen LogP contribution in [0.2, 0.25) is 0 Å². The highest BCUT2D eigenvalue weighted by molar-refractivity contribution is 5.85. The summed E-state index contributed by atoms with van der Waals surface area (Å²) in [6.07, 6.45) is -12.6. The van der Waals surface area contributed by atoms with Crippen LogP contribution in [0.3, 0.4) is 0 Å². The Morgan fingerprint density at radius 1 is 0.958 bits per heavy atom. The molecule has 0 saturated heterocycles. The maximum atomic E-state index is 12.9. The second-order valence-electron chi connectivity index (χ2n) is 5.42. The van der Waals surface area contributed by atoms with Crippen LogP contribution in [0.15, 0.2) is 0 Å². The molecule has 0 saturated carbocycles. The smallest absolute Gasteiger partial charge is 0.449 e. The van der Waals surface area contributed by atoms with Crippen molar-refractivity contribution in [1.29, 1.82) is 0 Å². The third kappa shape index (κ3) is 4.99. The molecular formula is C12H14F6O6. The molecule has 12 heteroatoms. The van der Waals surface area contributed by atoms with E-state index in [0.717, 1.165) is 0 Å². The Kier molecular flexibility index (Phi) is 6.65. The third-order valence-corrected chi connectivity index (χ3v) is 2.52. The van der Waals surface area contributed by atoms with Crippen LogP contribution in [0.4, 0.5) is 26.3 Å². The number of rotatable bonds is 7. The highest BCUT2D eigenvalue weighted by Gasteiger charge is 2.80. The fourth-order valence-electron chi connectivity index (χ4n) is 1.43. The van der Waals surface area contributed by atoms with Crippen molar-refractivity contribution >= 4 is 18.4 Å². The molecule has 0 unspecified atom stereocenters. The molecule has 24 heavy (non-hydrogen) atoms. The van der Waals surface area contributed by atoms with Crippen LogP contribution in [-0.4, -0.2) is 49.6 Å². The molecule has 0 radical (unpaired) electrons. The Morgan fingerprint density at radius 3 is 1.75 bits per heavy atom. The minimum absolute atomic E-state index is 0.00183. The van der Waals surface area contributed by atoms with Gasteiger partial charge >= 0.3 is 29.9 Å². The average molecular weight is 368 g/mol. The van der Waals surface area contributed by atoms with Crippen LogP contribution in [0, 0.1) is 5.41 Å². The van der Waals surface area contributed by atoms with Crippen molar-refractivity contribution < 1.29 is 54.9 Å². The lowest BCUT2D eigenvalue weighted by atomic mass is 9.96. The van der Waals surface area contributed by atoms with Gasteiger partial charge < -0.3 is 14.2 Å². The Balaban J connectivity index is 5.63. The van der Waals surface area contributed by atoms with Crippen LogP contribution >= 0.6 is 0 Å². The van der Waals surface area contributed by atoms with Gasteiger partial charge in [0.05, 0.1) is 13.2 Å². The van der Waals surface area contributed by atoms with E-state index in [1.807, 2.05) is 0 Å². The molecule has 140 valence electrons. The molecule has 0 aromatic rings. The lowest BCUT2D eigenvalue weighted by Gasteiger charge is -2.34. The molecule has 0 amide bonds. The highest BCUT2D eigenvalue weighted by atomic mass is 19.4. The molecule has 0 fully saturated rings. The number of carbonyl (C=O) groups excluding carboxylic acids is 3. The second kappa shape index (κ2) is 7.26. The van der Waals surface area contributed by atoms with E-state index in [2.05, 4.69) is 14.2 Å². The molecule has 0 spiro atoms. The molecule has 0 heterocycles. The summed E-state index contributed by atoms with van der Waals surface area (Å²) in [4.78, 5) is 32.3. The van der Waals surface area contributed by atoms with Crippen LogP contribution in [0.5, 0.6) is 0 Å². The first-order valence-electron chi connectivity index (χ1n) is 6.16. The van der Waals surface area contributed by atoms with Crippen LogP contribution in [-0.2, 0) is 28.6 Å². The van der Waals surface area contributed by atoms with Gasteiger partial charge in [-0.1, -0.05) is 13.8 Å². The summed E-state index contributed by atoms with van der Waals surface area (Å²) in [7, 11) is 0. The van der Waals surface area contributed by atoms with E-state index in [1.54, 1.807) is 0 Å². The van der Waals surface area contributed by atoms with E-state index in [-0.39, 0.29) is 13.4 Å². The van der Waals surface area contributed by atoms with Gasteiger partial charge in [-0.2, -0.15) is 26.3 Å². The molecular weight excluding hydrogens is 354 g/mol. The summed E-state index contributed by atoms with van der Waals surface area (Å²) in [5.41, 5.74) is -6.73. The Labute approximate surface area is 132 Å². The number of alkyl halides is 6. The lowest BCUT2D eigenvalue weighted by Crippen LogP contribution is -2.65. The summed E-state index contributed by atoms with van der Waals surface area (Å²) < 4.78 is 89.3. The summed E-state index contributed by atoms with van der Waals surface area (Å²) in [5, 5.41) is 0. The van der Waals surface area contributed by atoms with Crippen molar-refractivity contribution in [3.63, 3.8) is 0 Å². The predicted molar refractivity (Wildman–Crippen MR) is 63.4 cm³/mol. The maximum absolute atomic E-state index is 12.9. The molecule has 0 aromatic heterocycles. The van der Waals surface area contributed by atoms with Crippen molar-refractivity contribution in [2.24, 2.45) is 5.41 Å². The summed E-state index contributed by atoms with van der Waals surface area (Å²) in [6.45, 7) is 1.37. The molecule has 0 aromatic carbocycles. The molecule has 0 atom stereocenters. The standard InChI is InChI=1S/C12H14F6O6/c1-7(20)24-10(11(13,14)15,12(16,17)18)8(21)23-5-9(2,3)4-22-6-19/h6H,4-5H2,1-3H3. The van der Waals surface area contributed by atoms with Gasteiger partial charge in [0, 0.05) is 12.3 Å². The molecule has 0 rings (SSSR count). The molecule has 0 bridgehead atoms. The van der Waals surface area contributed by atoms with Crippen molar-refractivity contribution in [2.75, 3.05) is 13.2 Å². The number of carbonyl (C=O) groups is 3. The highest BCUT2D eigenvalue weighted by Crippen LogP contribution is 2.47. The topological polar surface area (TPSA) is 78.9 Å². The predicted octanol–water partition coefficient (Wildman–Crippen LogP) is 2.16. The van der Waals surface area contributed by atoms with Crippen molar-refractivity contribution in [3.05, 3.63) is 0 Å². The van der Waals surface area contributed by atoms with Crippen LogP contribution < -0.4 is 0 Å². The zero-order valence-corrected chi connectivity index (χ0v) is 12.7. The van der Waals surface area contributed by atoms with Crippen molar-refractivity contribution in [3.8, 4) is 0 Å². The van der Waals surface area contributed by atoms with Crippen molar-refractivity contribution in [2.45, 2.75) is 38.7 Å². The lowest BCUT2D eigenvalue weighted by molar-refractivity contribution is -0.359. The van der Waals surface area contributed by atoms with Crippen molar-refractivity contribution in [1.82, 2.24) is 0 Å². The van der Waals surface area contributed by atoms with Gasteiger partial charge in [-0.25, -0.2) is 4.79 Å². The first kappa shape index (κ1) is 22.0. The zero-order valence-electron chi connectivity index (χ0n) is 12.7. The van der Waals surface area contributed by atoms with Gasteiger partial charge in [0.25, 0.3) is 6.47 Å². The van der Waals surface area contributed by atoms with Gasteiger partial charge in [0.1, 0.15) is 0 Å². The fourth-order valence-corrected chi connectivity index (χ4v) is 1.43. The zero-order chi connectivity index (χ0) is 19.4. The maximum Gasteiger partial charge on any atom is 0.449 e. The molecule has 0 aliphatic rings. The molecule has 0 aliphatic carbocycles. The molecule has 0 N–H and O–H groups in total. The minimum Gasteiger partial charge on any atom is -0.467 e. The number of hydrogen-bond acceptors (Lipinski definition) is 6. The Morgan fingerprint density at radius 2 is 1.42 bits per heavy atom. The first-order valence-corrected chi connectivity index (χ1v) is 6.16. The van der Waals surface area contributed by atoms with E-state index >= 15 is 0 Å². The summed E-state index contributed by atoms with van der Waals surface area (Å²) in [5.74, 6) is -4.83. The van der Waals surface area contributed by atoms with E-state index < -0.39 is 48.5 Å². The minimum atomic E-state index is -6.31. The van der Waals surface area contributed by atoms with Gasteiger partial charge in [-0.15, -0.1) is 0 Å². The van der Waals surface area contributed by atoms with E-state index in [1.165, 1.54) is 13.8 Å². The number of ether oxygens (including phenoxy) is 3. The van der Waals surface area contributed by atoms with Gasteiger partial charge in [-0.3, -0.25) is 9.59 Å². The van der Waals surface area contributed by atoms with Crippen LogP contribution in [0.25, 0.3) is 0 Å². The fraction of sp³-hybridized carbons (Fsp3) is 0.750.